The van der Waals surface area contributed by atoms with Crippen LogP contribution in [0.15, 0.2) is 77.9 Å². The molecule has 170 valence electrons. The number of para-hydroxylation sites is 1. The van der Waals surface area contributed by atoms with Gasteiger partial charge in [0.25, 0.3) is 0 Å². The summed E-state index contributed by atoms with van der Waals surface area (Å²) in [5.41, 5.74) is 14.1. The summed E-state index contributed by atoms with van der Waals surface area (Å²) in [4.78, 5) is 20.4. The summed E-state index contributed by atoms with van der Waals surface area (Å²) in [7, 11) is 0. The molecule has 4 rings (SSSR count). The number of nitrogens with one attached hydrogen (secondary N) is 3. The highest BCUT2D eigenvalue weighted by molar-refractivity contribution is 5.85. The van der Waals surface area contributed by atoms with Crippen molar-refractivity contribution < 1.29 is 4.79 Å². The Morgan fingerprint density at radius 2 is 1.76 bits per heavy atom. The molecule has 33 heavy (non-hydrogen) atoms. The zero-order chi connectivity index (χ0) is 23.0. The Morgan fingerprint density at radius 1 is 0.970 bits per heavy atom. The average Bonchev–Trinajstić information content (AvgIpc) is 3.25. The van der Waals surface area contributed by atoms with Crippen LogP contribution in [0, 0.1) is 0 Å². The lowest BCUT2D eigenvalue weighted by molar-refractivity contribution is -0.123. The van der Waals surface area contributed by atoms with Crippen molar-refractivity contribution in [2.75, 3.05) is 6.54 Å². The number of aromatic amines is 1. The number of amides is 1. The number of carbonyl (C=O) groups is 1. The number of aromatic nitrogens is 1. The van der Waals surface area contributed by atoms with Gasteiger partial charge in [-0.05, 0) is 46.9 Å². The van der Waals surface area contributed by atoms with Crippen LogP contribution in [0.4, 0.5) is 0 Å². The molecule has 1 atom stereocenters. The minimum atomic E-state index is -0.351. The molecule has 0 bridgehead atoms. The fourth-order valence-electron chi connectivity index (χ4n) is 4.00. The molecule has 0 saturated carbocycles. The lowest BCUT2D eigenvalue weighted by Gasteiger charge is -2.18. The molecule has 0 fully saturated rings. The summed E-state index contributed by atoms with van der Waals surface area (Å²) in [6.07, 6.45) is 3.28. The number of nitrogens with two attached hydrogens (primary N) is 2. The van der Waals surface area contributed by atoms with Crippen molar-refractivity contribution in [1.29, 1.82) is 0 Å². The summed E-state index contributed by atoms with van der Waals surface area (Å²) >= 11 is 0. The smallest absolute Gasteiger partial charge is 0.237 e. The molecule has 7 heteroatoms. The van der Waals surface area contributed by atoms with Crippen LogP contribution in [0.5, 0.6) is 0 Å². The van der Waals surface area contributed by atoms with Gasteiger partial charge in [-0.3, -0.25) is 9.79 Å². The normalized spacial score (nSPS) is 12.0. The van der Waals surface area contributed by atoms with Gasteiger partial charge < -0.3 is 27.1 Å². The first-order valence-corrected chi connectivity index (χ1v) is 11.2. The molecule has 4 aromatic rings. The quantitative estimate of drug-likeness (QED) is 0.147. The van der Waals surface area contributed by atoms with Crippen LogP contribution in [0.25, 0.3) is 21.7 Å². The minimum absolute atomic E-state index is 0.0363. The molecule has 0 unspecified atom stereocenters. The summed E-state index contributed by atoms with van der Waals surface area (Å²) < 4.78 is 0. The maximum Gasteiger partial charge on any atom is 0.237 e. The molecule has 0 radical (unpaired) electrons. The minimum Gasteiger partial charge on any atom is -0.370 e. The van der Waals surface area contributed by atoms with E-state index in [0.717, 1.165) is 22.0 Å². The number of fused-ring (bicyclic) bond motifs is 2. The number of carbonyl (C=O) groups excluding carboxylic acids is 1. The van der Waals surface area contributed by atoms with Crippen molar-refractivity contribution in [2.45, 2.75) is 32.0 Å². The molecule has 7 N–H and O–H groups in total. The van der Waals surface area contributed by atoms with Gasteiger partial charge in [0, 0.05) is 36.7 Å². The van der Waals surface area contributed by atoms with E-state index in [9.17, 15) is 4.79 Å². The monoisotopic (exact) mass is 442 g/mol. The number of nitrogens with zero attached hydrogens (tertiary/aromatic N) is 1. The Hall–Kier alpha value is -3.84. The van der Waals surface area contributed by atoms with E-state index in [1.54, 1.807) is 0 Å². The van der Waals surface area contributed by atoms with Gasteiger partial charge in [0.05, 0.1) is 6.04 Å². The molecule has 1 heterocycles. The molecule has 0 saturated heterocycles. The van der Waals surface area contributed by atoms with Gasteiger partial charge in [-0.1, -0.05) is 54.6 Å². The third-order valence-corrected chi connectivity index (χ3v) is 5.76. The lowest BCUT2D eigenvalue weighted by atomic mass is 10.1. The van der Waals surface area contributed by atoms with Crippen molar-refractivity contribution >= 4 is 33.5 Å². The number of hydrogen-bond acceptors (Lipinski definition) is 3. The van der Waals surface area contributed by atoms with E-state index in [2.05, 4.69) is 57.0 Å². The molecule has 1 amide bonds. The van der Waals surface area contributed by atoms with Crippen LogP contribution >= 0.6 is 0 Å². The molecule has 3 aromatic carbocycles. The zero-order valence-corrected chi connectivity index (χ0v) is 18.6. The van der Waals surface area contributed by atoms with Gasteiger partial charge in [-0.2, -0.15) is 0 Å². The standard InChI is InChI=1S/C26H30N6O/c27-26(28)29-13-5-10-24(30-15-18-11-12-19-6-1-2-7-20(19)14-18)25(33)32-17-21-16-31-23-9-4-3-8-22(21)23/h1-4,6-9,11-12,14,16,24,30-31H,5,10,13,15,17H2,(H,32,33)(H4,27,28,29)/t24-/m0/s1. The first-order chi connectivity index (χ1) is 16.1. The maximum atomic E-state index is 13.1. The summed E-state index contributed by atoms with van der Waals surface area (Å²) in [5, 5.41) is 10.0. The molecule has 1 aromatic heterocycles. The third kappa shape index (κ3) is 5.90. The van der Waals surface area contributed by atoms with Crippen LogP contribution < -0.4 is 22.1 Å². The van der Waals surface area contributed by atoms with Crippen LogP contribution in [0.1, 0.15) is 24.0 Å². The number of hydrogen-bond donors (Lipinski definition) is 5. The van der Waals surface area contributed by atoms with E-state index in [4.69, 9.17) is 11.5 Å². The van der Waals surface area contributed by atoms with E-state index in [1.165, 1.54) is 10.8 Å². The van der Waals surface area contributed by atoms with Gasteiger partial charge >= 0.3 is 0 Å². The van der Waals surface area contributed by atoms with Crippen LogP contribution in [0.3, 0.4) is 0 Å². The van der Waals surface area contributed by atoms with E-state index in [1.807, 2.05) is 36.5 Å². The Labute approximate surface area is 193 Å². The molecule has 7 nitrogen and oxygen atoms in total. The molecule has 0 aliphatic heterocycles. The first-order valence-electron chi connectivity index (χ1n) is 11.2. The molecular formula is C26H30N6O. The Bertz CT molecular complexity index is 1260. The highest BCUT2D eigenvalue weighted by Gasteiger charge is 2.18. The number of benzene rings is 3. The molecular weight excluding hydrogens is 412 g/mol. The maximum absolute atomic E-state index is 13.1. The van der Waals surface area contributed by atoms with Gasteiger partial charge in [-0.25, -0.2) is 0 Å². The number of H-pyrrole nitrogens is 1. The Balaban J connectivity index is 1.40. The topological polar surface area (TPSA) is 121 Å². The van der Waals surface area contributed by atoms with Crippen LogP contribution in [0.2, 0.25) is 0 Å². The summed E-state index contributed by atoms with van der Waals surface area (Å²) in [5.74, 6) is 0.0326. The second kappa shape index (κ2) is 10.7. The number of aliphatic imine (C=N–C) groups is 1. The lowest BCUT2D eigenvalue weighted by Crippen LogP contribution is -2.43. The van der Waals surface area contributed by atoms with Gasteiger partial charge in [0.1, 0.15) is 0 Å². The van der Waals surface area contributed by atoms with Crippen molar-refractivity contribution in [3.05, 3.63) is 84.1 Å². The fourth-order valence-corrected chi connectivity index (χ4v) is 4.00. The fraction of sp³-hybridized carbons (Fsp3) is 0.231. The predicted octanol–water partition coefficient (Wildman–Crippen LogP) is 3.15. The van der Waals surface area contributed by atoms with E-state index in [-0.39, 0.29) is 17.9 Å². The zero-order valence-electron chi connectivity index (χ0n) is 18.6. The van der Waals surface area contributed by atoms with E-state index < -0.39 is 0 Å². The number of guanidine groups is 1. The predicted molar refractivity (Wildman–Crippen MR) is 135 cm³/mol. The van der Waals surface area contributed by atoms with E-state index in [0.29, 0.717) is 32.5 Å². The van der Waals surface area contributed by atoms with Crippen LogP contribution in [-0.4, -0.2) is 29.4 Å². The molecule has 0 aliphatic rings. The second-order valence-corrected chi connectivity index (χ2v) is 8.14. The van der Waals surface area contributed by atoms with Crippen molar-refractivity contribution in [3.8, 4) is 0 Å². The highest BCUT2D eigenvalue weighted by Crippen LogP contribution is 2.18. The first kappa shape index (κ1) is 22.4. The van der Waals surface area contributed by atoms with Crippen LogP contribution in [-0.2, 0) is 17.9 Å². The van der Waals surface area contributed by atoms with Crippen molar-refractivity contribution in [3.63, 3.8) is 0 Å². The Morgan fingerprint density at radius 3 is 2.61 bits per heavy atom. The third-order valence-electron chi connectivity index (χ3n) is 5.76. The summed E-state index contributed by atoms with van der Waals surface area (Å²) in [6.45, 7) is 1.55. The molecule has 0 aliphatic carbocycles. The largest absolute Gasteiger partial charge is 0.370 e. The summed E-state index contributed by atoms with van der Waals surface area (Å²) in [6, 6.07) is 22.3. The van der Waals surface area contributed by atoms with Gasteiger partial charge in [0.2, 0.25) is 5.91 Å². The van der Waals surface area contributed by atoms with Gasteiger partial charge in [-0.15, -0.1) is 0 Å². The number of rotatable bonds is 10. The molecule has 0 spiro atoms. The second-order valence-electron chi connectivity index (χ2n) is 8.14. The average molecular weight is 443 g/mol. The SMILES string of the molecule is NC(N)=NCCC[C@H](NCc1ccc2ccccc2c1)C(=O)NCc1c[nH]c2ccccc12. The van der Waals surface area contributed by atoms with Crippen molar-refractivity contribution in [1.82, 2.24) is 15.6 Å². The van der Waals surface area contributed by atoms with E-state index >= 15 is 0 Å². The van der Waals surface area contributed by atoms with Gasteiger partial charge in [0.15, 0.2) is 5.96 Å². The Kier molecular flexibility index (Phi) is 7.22. The highest BCUT2D eigenvalue weighted by atomic mass is 16.2. The van der Waals surface area contributed by atoms with Crippen molar-refractivity contribution in [2.24, 2.45) is 16.5 Å².